The fourth-order valence-corrected chi connectivity index (χ4v) is 3.90. The van der Waals surface area contributed by atoms with Crippen LogP contribution in [0.25, 0.3) is 0 Å². The Bertz CT molecular complexity index is 847. The zero-order chi connectivity index (χ0) is 18.9. The third-order valence-electron chi connectivity index (χ3n) is 4.39. The van der Waals surface area contributed by atoms with Gasteiger partial charge in [-0.15, -0.1) is 0 Å². The molecule has 3 rings (SSSR count). The van der Waals surface area contributed by atoms with Crippen molar-refractivity contribution in [2.45, 2.75) is 42.5 Å². The molecule has 5 nitrogen and oxygen atoms in total. The lowest BCUT2D eigenvalue weighted by atomic mass is 9.89. The second kappa shape index (κ2) is 7.72. The van der Waals surface area contributed by atoms with Crippen LogP contribution in [0.1, 0.15) is 40.5 Å². The molecule has 138 valence electrons. The Labute approximate surface area is 166 Å². The van der Waals surface area contributed by atoms with Crippen LogP contribution in [0.15, 0.2) is 29.6 Å². The van der Waals surface area contributed by atoms with Gasteiger partial charge in [-0.1, -0.05) is 47.1 Å². The number of ether oxygens (including phenoxy) is 1. The summed E-state index contributed by atoms with van der Waals surface area (Å²) in [7, 11) is 0. The van der Waals surface area contributed by atoms with Gasteiger partial charge < -0.3 is 9.84 Å². The van der Waals surface area contributed by atoms with E-state index in [1.807, 2.05) is 24.5 Å². The van der Waals surface area contributed by atoms with Gasteiger partial charge in [-0.3, -0.25) is 0 Å². The zero-order valence-corrected chi connectivity index (χ0v) is 16.7. The van der Waals surface area contributed by atoms with Crippen LogP contribution < -0.4 is 0 Å². The summed E-state index contributed by atoms with van der Waals surface area (Å²) < 4.78 is 5.07. The lowest BCUT2D eigenvalue weighted by Crippen LogP contribution is -2.28. The number of halogens is 2. The molecule has 1 aromatic carbocycles. The number of alkyl halides is 1. The summed E-state index contributed by atoms with van der Waals surface area (Å²) >= 11 is 13.4. The van der Waals surface area contributed by atoms with Crippen molar-refractivity contribution in [1.29, 1.82) is 0 Å². The Kier molecular flexibility index (Phi) is 5.77. The zero-order valence-electron chi connectivity index (χ0n) is 14.3. The van der Waals surface area contributed by atoms with Crippen molar-refractivity contribution >= 4 is 40.9 Å². The molecule has 1 aliphatic rings. The minimum atomic E-state index is -1.15. The van der Waals surface area contributed by atoms with Crippen LogP contribution in [0.4, 0.5) is 0 Å². The molecule has 1 aromatic heterocycles. The van der Waals surface area contributed by atoms with E-state index in [9.17, 15) is 9.90 Å². The van der Waals surface area contributed by atoms with E-state index in [0.717, 1.165) is 11.1 Å². The maximum Gasteiger partial charge on any atom is 0.343 e. The minimum absolute atomic E-state index is 0.164. The highest BCUT2D eigenvalue weighted by Crippen LogP contribution is 2.42. The standard InChI is InChI=1S/C18H18Cl2N2O3S/c1-10(19)25-16(23)12-9-21-17(26-2)22-15(12)8-18(24)7-6-11-13(18)4-3-5-14(11)20/h3-5,9-10,24H,6-8H2,1-2H3. The second-order valence-corrected chi connectivity index (χ2v) is 7.93. The maximum absolute atomic E-state index is 12.4. The van der Waals surface area contributed by atoms with Crippen molar-refractivity contribution < 1.29 is 14.6 Å². The molecular weight excluding hydrogens is 395 g/mol. The Morgan fingerprint density at radius 3 is 2.96 bits per heavy atom. The highest BCUT2D eigenvalue weighted by atomic mass is 35.5. The Balaban J connectivity index is 1.99. The molecule has 0 fully saturated rings. The largest absolute Gasteiger partial charge is 0.443 e. The van der Waals surface area contributed by atoms with Gasteiger partial charge in [0.2, 0.25) is 0 Å². The van der Waals surface area contributed by atoms with E-state index in [0.29, 0.717) is 28.7 Å². The van der Waals surface area contributed by atoms with Gasteiger partial charge >= 0.3 is 5.97 Å². The van der Waals surface area contributed by atoms with E-state index >= 15 is 0 Å². The third kappa shape index (κ3) is 3.83. The van der Waals surface area contributed by atoms with Crippen LogP contribution in [0.2, 0.25) is 5.02 Å². The summed E-state index contributed by atoms with van der Waals surface area (Å²) in [5.41, 5.74) is 0.436. The molecule has 8 heteroatoms. The predicted octanol–water partition coefficient (Wildman–Crippen LogP) is 3.97. The summed E-state index contributed by atoms with van der Waals surface area (Å²) in [6.07, 6.45) is 4.61. The number of hydrogen-bond acceptors (Lipinski definition) is 6. The molecule has 0 radical (unpaired) electrons. The van der Waals surface area contributed by atoms with Crippen molar-refractivity contribution in [3.05, 3.63) is 51.8 Å². The number of esters is 1. The van der Waals surface area contributed by atoms with Crippen molar-refractivity contribution in [2.24, 2.45) is 0 Å². The van der Waals surface area contributed by atoms with Crippen LogP contribution in [-0.4, -0.2) is 32.9 Å². The maximum atomic E-state index is 12.4. The van der Waals surface area contributed by atoms with E-state index in [-0.39, 0.29) is 12.0 Å². The third-order valence-corrected chi connectivity index (χ3v) is 5.39. The van der Waals surface area contributed by atoms with E-state index in [2.05, 4.69) is 9.97 Å². The molecule has 2 unspecified atom stereocenters. The smallest absolute Gasteiger partial charge is 0.343 e. The highest BCUT2D eigenvalue weighted by Gasteiger charge is 2.39. The summed E-state index contributed by atoms with van der Waals surface area (Å²) in [4.78, 5) is 20.9. The van der Waals surface area contributed by atoms with Gasteiger partial charge in [0.15, 0.2) is 10.7 Å². The first kappa shape index (κ1) is 19.4. The number of thioether (sulfide) groups is 1. The number of carbonyl (C=O) groups excluding carboxylic acids is 1. The quantitative estimate of drug-likeness (QED) is 0.346. The van der Waals surface area contributed by atoms with Gasteiger partial charge in [-0.05, 0) is 43.2 Å². The first-order valence-corrected chi connectivity index (χ1v) is 10.1. The topological polar surface area (TPSA) is 72.3 Å². The van der Waals surface area contributed by atoms with Crippen molar-refractivity contribution in [3.8, 4) is 0 Å². The number of hydrogen-bond donors (Lipinski definition) is 1. The van der Waals surface area contributed by atoms with Crippen molar-refractivity contribution in [2.75, 3.05) is 6.26 Å². The SMILES string of the molecule is CSc1ncc(C(=O)OC(C)Cl)c(CC2(O)CCc3c(Cl)cccc32)n1. The van der Waals surface area contributed by atoms with Gasteiger partial charge in [0.1, 0.15) is 0 Å². The Morgan fingerprint density at radius 2 is 2.27 bits per heavy atom. The molecule has 2 atom stereocenters. The van der Waals surface area contributed by atoms with E-state index in [1.165, 1.54) is 18.0 Å². The molecule has 1 N–H and O–H groups in total. The van der Waals surface area contributed by atoms with Gasteiger partial charge in [0.05, 0.1) is 16.9 Å². The minimum Gasteiger partial charge on any atom is -0.443 e. The molecular formula is C18H18Cl2N2O3S. The fourth-order valence-electron chi connectivity index (χ4n) is 3.19. The van der Waals surface area contributed by atoms with E-state index in [1.54, 1.807) is 6.92 Å². The molecule has 26 heavy (non-hydrogen) atoms. The van der Waals surface area contributed by atoms with Crippen LogP contribution >= 0.6 is 35.0 Å². The van der Waals surface area contributed by atoms with Crippen LogP contribution in [0.5, 0.6) is 0 Å². The summed E-state index contributed by atoms with van der Waals surface area (Å²) in [5, 5.41) is 12.4. The molecule has 0 bridgehead atoms. The molecule has 1 heterocycles. The van der Waals surface area contributed by atoms with Crippen molar-refractivity contribution in [3.63, 3.8) is 0 Å². The lowest BCUT2D eigenvalue weighted by molar-refractivity contribution is 0.0360. The second-order valence-electron chi connectivity index (χ2n) is 6.14. The first-order valence-electron chi connectivity index (χ1n) is 8.09. The predicted molar refractivity (Wildman–Crippen MR) is 102 cm³/mol. The molecule has 0 saturated heterocycles. The van der Waals surface area contributed by atoms with Crippen LogP contribution in [0, 0.1) is 0 Å². The molecule has 1 aliphatic carbocycles. The fraction of sp³-hybridized carbons (Fsp3) is 0.389. The van der Waals surface area contributed by atoms with E-state index in [4.69, 9.17) is 27.9 Å². The average Bonchev–Trinajstić information content (AvgIpc) is 2.92. The van der Waals surface area contributed by atoms with Crippen LogP contribution in [0.3, 0.4) is 0 Å². The van der Waals surface area contributed by atoms with Gasteiger partial charge in [0, 0.05) is 17.6 Å². The normalized spacial score (nSPS) is 19.9. The summed E-state index contributed by atoms with van der Waals surface area (Å²) in [6.45, 7) is 1.55. The number of nitrogens with zero attached hydrogens (tertiary/aromatic N) is 2. The number of benzene rings is 1. The Hall–Kier alpha value is -1.34. The molecule has 0 aliphatic heterocycles. The molecule has 0 spiro atoms. The van der Waals surface area contributed by atoms with E-state index < -0.39 is 17.1 Å². The number of carbonyl (C=O) groups is 1. The number of aromatic nitrogens is 2. The average molecular weight is 413 g/mol. The molecule has 2 aromatic rings. The van der Waals surface area contributed by atoms with Crippen molar-refractivity contribution in [1.82, 2.24) is 9.97 Å². The number of fused-ring (bicyclic) bond motifs is 1. The van der Waals surface area contributed by atoms with Gasteiger partial charge in [-0.2, -0.15) is 0 Å². The summed E-state index contributed by atoms with van der Waals surface area (Å²) in [6, 6.07) is 5.49. The highest BCUT2D eigenvalue weighted by molar-refractivity contribution is 7.98. The van der Waals surface area contributed by atoms with Crippen LogP contribution in [-0.2, 0) is 23.2 Å². The lowest BCUT2D eigenvalue weighted by Gasteiger charge is -2.25. The summed E-state index contributed by atoms with van der Waals surface area (Å²) in [5.74, 6) is -0.608. The Morgan fingerprint density at radius 1 is 1.50 bits per heavy atom. The van der Waals surface area contributed by atoms with Gasteiger partial charge in [-0.25, -0.2) is 14.8 Å². The van der Waals surface area contributed by atoms with Gasteiger partial charge in [0.25, 0.3) is 0 Å². The first-order chi connectivity index (χ1) is 12.3. The number of aliphatic hydroxyl groups is 1. The molecule has 0 amide bonds. The molecule has 0 saturated carbocycles. The number of rotatable bonds is 5. The monoisotopic (exact) mass is 412 g/mol.